The van der Waals surface area contributed by atoms with E-state index in [1.165, 1.54) is 35.6 Å². The Morgan fingerprint density at radius 2 is 1.93 bits per heavy atom. The number of nitrogens with zero attached hydrogens (tertiary/aromatic N) is 1. The molecule has 0 fully saturated rings. The third-order valence-corrected chi connectivity index (χ3v) is 5.34. The highest BCUT2D eigenvalue weighted by Crippen LogP contribution is 2.27. The smallest absolute Gasteiger partial charge is 0.345 e. The molecule has 0 bridgehead atoms. The van der Waals surface area contributed by atoms with E-state index in [4.69, 9.17) is 4.42 Å². The minimum atomic E-state index is -0.472. The van der Waals surface area contributed by atoms with E-state index in [1.807, 2.05) is 12.1 Å². The van der Waals surface area contributed by atoms with Gasteiger partial charge in [0.15, 0.2) is 5.13 Å². The highest BCUT2D eigenvalue weighted by atomic mass is 32.2. The zero-order valence-electron chi connectivity index (χ0n) is 13.6. The van der Waals surface area contributed by atoms with Gasteiger partial charge in [0.05, 0.1) is 11.3 Å². The van der Waals surface area contributed by atoms with Gasteiger partial charge in [-0.05, 0) is 36.4 Å². The van der Waals surface area contributed by atoms with Crippen molar-refractivity contribution in [1.82, 2.24) is 4.98 Å². The van der Waals surface area contributed by atoms with Crippen molar-refractivity contribution in [2.75, 3.05) is 4.72 Å². The predicted octanol–water partition coefficient (Wildman–Crippen LogP) is 4.96. The second-order valence-corrected chi connectivity index (χ2v) is 7.16. The molecule has 27 heavy (non-hydrogen) atoms. The lowest BCUT2D eigenvalue weighted by atomic mass is 10.1. The number of halogens is 1. The number of aromatic nitrogens is 1. The van der Waals surface area contributed by atoms with Crippen LogP contribution in [0.5, 0.6) is 0 Å². The number of hydrogen-bond acceptors (Lipinski definition) is 7. The highest BCUT2D eigenvalue weighted by molar-refractivity contribution is 8.15. The SMILES string of the molecule is O=C(SNc1nc(-c2cc3ccccc3oc2=O)cs1)c1ccc(F)cc1. The summed E-state index contributed by atoms with van der Waals surface area (Å²) in [6.45, 7) is 0. The number of para-hydroxylation sites is 1. The molecule has 0 saturated carbocycles. The van der Waals surface area contributed by atoms with Crippen molar-refractivity contribution in [1.29, 1.82) is 0 Å². The van der Waals surface area contributed by atoms with Crippen LogP contribution < -0.4 is 10.3 Å². The molecule has 2 heterocycles. The molecule has 0 saturated heterocycles. The number of thiazole rings is 1. The molecule has 8 heteroatoms. The molecule has 4 rings (SSSR count). The molecule has 134 valence electrons. The normalized spacial score (nSPS) is 10.9. The summed E-state index contributed by atoms with van der Waals surface area (Å²) in [6.07, 6.45) is 0. The van der Waals surface area contributed by atoms with Crippen LogP contribution >= 0.6 is 23.3 Å². The first-order valence-electron chi connectivity index (χ1n) is 7.82. The summed E-state index contributed by atoms with van der Waals surface area (Å²) in [7, 11) is 0. The molecule has 0 spiro atoms. The first-order chi connectivity index (χ1) is 13.1. The zero-order chi connectivity index (χ0) is 18.8. The van der Waals surface area contributed by atoms with E-state index in [9.17, 15) is 14.0 Å². The minimum absolute atomic E-state index is 0.267. The number of fused-ring (bicyclic) bond motifs is 1. The van der Waals surface area contributed by atoms with Gasteiger partial charge < -0.3 is 4.42 Å². The largest absolute Gasteiger partial charge is 0.422 e. The van der Waals surface area contributed by atoms with Gasteiger partial charge in [0, 0.05) is 28.3 Å². The average molecular weight is 398 g/mol. The number of carbonyl (C=O) groups is 1. The van der Waals surface area contributed by atoms with Crippen molar-refractivity contribution in [3.63, 3.8) is 0 Å². The van der Waals surface area contributed by atoms with Crippen molar-refractivity contribution in [2.45, 2.75) is 0 Å². The van der Waals surface area contributed by atoms with Gasteiger partial charge in [0.25, 0.3) is 0 Å². The summed E-state index contributed by atoms with van der Waals surface area (Å²) in [5, 5.41) is 2.72. The van der Waals surface area contributed by atoms with E-state index in [0.29, 0.717) is 27.5 Å². The second-order valence-electron chi connectivity index (χ2n) is 5.52. The summed E-state index contributed by atoms with van der Waals surface area (Å²) in [5.74, 6) is -0.400. The standard InChI is InChI=1S/C19H11FN2O3S2/c20-13-7-5-11(6-8-13)18(24)27-22-19-21-15(10-26-19)14-9-12-3-1-2-4-16(12)25-17(14)23/h1-10H,(H,21,22). The van der Waals surface area contributed by atoms with Gasteiger partial charge in [0.2, 0.25) is 5.12 Å². The summed E-state index contributed by atoms with van der Waals surface area (Å²) in [4.78, 5) is 28.6. The molecule has 0 atom stereocenters. The first-order valence-corrected chi connectivity index (χ1v) is 9.51. The van der Waals surface area contributed by atoms with E-state index < -0.39 is 11.4 Å². The van der Waals surface area contributed by atoms with Gasteiger partial charge in [-0.3, -0.25) is 9.52 Å². The van der Waals surface area contributed by atoms with E-state index in [2.05, 4.69) is 9.71 Å². The van der Waals surface area contributed by atoms with Crippen molar-refractivity contribution < 1.29 is 13.6 Å². The Hall–Kier alpha value is -2.97. The topological polar surface area (TPSA) is 72.2 Å². The lowest BCUT2D eigenvalue weighted by Gasteiger charge is -2.01. The third-order valence-electron chi connectivity index (χ3n) is 3.73. The van der Waals surface area contributed by atoms with Gasteiger partial charge in [-0.1, -0.05) is 18.2 Å². The monoisotopic (exact) mass is 398 g/mol. The van der Waals surface area contributed by atoms with Crippen LogP contribution in [0.25, 0.3) is 22.2 Å². The third kappa shape index (κ3) is 3.76. The van der Waals surface area contributed by atoms with Crippen molar-refractivity contribution in [3.8, 4) is 11.3 Å². The van der Waals surface area contributed by atoms with E-state index >= 15 is 0 Å². The van der Waals surface area contributed by atoms with Gasteiger partial charge >= 0.3 is 5.63 Å². The van der Waals surface area contributed by atoms with Crippen LogP contribution in [0.4, 0.5) is 9.52 Å². The minimum Gasteiger partial charge on any atom is -0.422 e. The molecule has 0 aliphatic rings. The summed E-state index contributed by atoms with van der Waals surface area (Å²) in [5.41, 5.74) is 1.24. The average Bonchev–Trinajstić information content (AvgIpc) is 3.15. The lowest BCUT2D eigenvalue weighted by Crippen LogP contribution is -2.03. The maximum absolute atomic E-state index is 12.9. The van der Waals surface area contributed by atoms with Gasteiger partial charge in [-0.15, -0.1) is 11.3 Å². The predicted molar refractivity (Wildman–Crippen MR) is 106 cm³/mol. The van der Waals surface area contributed by atoms with Gasteiger partial charge in [0.1, 0.15) is 11.4 Å². The summed E-state index contributed by atoms with van der Waals surface area (Å²) < 4.78 is 21.1. The quantitative estimate of drug-likeness (QED) is 0.387. The molecule has 5 nitrogen and oxygen atoms in total. The molecule has 2 aromatic heterocycles. The second kappa shape index (κ2) is 7.34. The Kier molecular flexibility index (Phi) is 4.74. The number of anilines is 1. The summed E-state index contributed by atoms with van der Waals surface area (Å²) >= 11 is 2.10. The van der Waals surface area contributed by atoms with Crippen LogP contribution in [0.15, 0.2) is 69.2 Å². The van der Waals surface area contributed by atoms with E-state index in [0.717, 1.165) is 17.3 Å². The lowest BCUT2D eigenvalue weighted by molar-refractivity contribution is 0.108. The molecular formula is C19H11FN2O3S2. The number of rotatable bonds is 4. The van der Waals surface area contributed by atoms with Crippen LogP contribution in [0.1, 0.15) is 10.4 Å². The summed E-state index contributed by atoms with van der Waals surface area (Å²) in [6, 6.07) is 14.3. The highest BCUT2D eigenvalue weighted by Gasteiger charge is 2.13. The van der Waals surface area contributed by atoms with Crippen molar-refractivity contribution in [2.24, 2.45) is 0 Å². The molecule has 4 aromatic rings. The molecular weight excluding hydrogens is 387 g/mol. The molecule has 0 radical (unpaired) electrons. The Labute approximate surface area is 161 Å². The Bertz CT molecular complexity index is 1190. The molecule has 0 amide bonds. The molecule has 0 unspecified atom stereocenters. The molecule has 1 N–H and O–H groups in total. The number of carbonyl (C=O) groups excluding carboxylic acids is 1. The zero-order valence-corrected chi connectivity index (χ0v) is 15.3. The van der Waals surface area contributed by atoms with Gasteiger partial charge in [-0.2, -0.15) is 0 Å². The van der Waals surface area contributed by atoms with Crippen LogP contribution in [0, 0.1) is 5.82 Å². The van der Waals surface area contributed by atoms with Crippen LogP contribution in [0.2, 0.25) is 0 Å². The fourth-order valence-corrected chi connectivity index (χ4v) is 3.77. The number of hydrogen-bond donors (Lipinski definition) is 1. The number of nitrogens with one attached hydrogen (secondary N) is 1. The van der Waals surface area contributed by atoms with Gasteiger partial charge in [-0.25, -0.2) is 14.2 Å². The van der Waals surface area contributed by atoms with E-state index in [-0.39, 0.29) is 5.12 Å². The van der Waals surface area contributed by atoms with Crippen molar-refractivity contribution in [3.05, 3.63) is 81.8 Å². The van der Waals surface area contributed by atoms with Crippen LogP contribution in [-0.4, -0.2) is 10.1 Å². The van der Waals surface area contributed by atoms with Crippen LogP contribution in [0.3, 0.4) is 0 Å². The molecule has 0 aliphatic heterocycles. The number of benzene rings is 2. The maximum Gasteiger partial charge on any atom is 0.345 e. The fraction of sp³-hybridized carbons (Fsp3) is 0. The van der Waals surface area contributed by atoms with Crippen LogP contribution in [-0.2, 0) is 0 Å². The van der Waals surface area contributed by atoms with E-state index in [1.54, 1.807) is 23.6 Å². The molecule has 2 aromatic carbocycles. The van der Waals surface area contributed by atoms with Crippen molar-refractivity contribution >= 4 is 44.5 Å². The Morgan fingerprint density at radius 1 is 1.15 bits per heavy atom. The Balaban J connectivity index is 1.52. The fourth-order valence-electron chi connectivity index (χ4n) is 2.42. The maximum atomic E-state index is 12.9. The first kappa shape index (κ1) is 17.4. The Morgan fingerprint density at radius 3 is 2.74 bits per heavy atom. The molecule has 0 aliphatic carbocycles.